The standard InChI is InChI=1S/C10H8O3/c11-5-3-7-1-2-9-8(10(7)12)4-6-13-9/h1-2,4-6,12H,3H2. The number of aromatic hydroxyl groups is 1. The van der Waals surface area contributed by atoms with E-state index in [9.17, 15) is 9.90 Å². The van der Waals surface area contributed by atoms with Crippen LogP contribution in [0.3, 0.4) is 0 Å². The first-order valence-electron chi connectivity index (χ1n) is 3.94. The first kappa shape index (κ1) is 7.86. The van der Waals surface area contributed by atoms with Crippen molar-refractivity contribution in [1.29, 1.82) is 0 Å². The zero-order valence-corrected chi connectivity index (χ0v) is 6.86. The lowest BCUT2D eigenvalue weighted by molar-refractivity contribution is -0.107. The Hall–Kier alpha value is -1.77. The Kier molecular flexibility index (Phi) is 1.77. The number of benzene rings is 1. The van der Waals surface area contributed by atoms with Crippen molar-refractivity contribution in [2.24, 2.45) is 0 Å². The Balaban J connectivity index is 2.65. The highest BCUT2D eigenvalue weighted by Crippen LogP contribution is 2.29. The highest BCUT2D eigenvalue weighted by atomic mass is 16.3. The zero-order chi connectivity index (χ0) is 9.26. The molecule has 2 aromatic rings. The van der Waals surface area contributed by atoms with E-state index in [0.717, 1.165) is 6.29 Å². The van der Waals surface area contributed by atoms with Crippen molar-refractivity contribution in [2.45, 2.75) is 6.42 Å². The van der Waals surface area contributed by atoms with Gasteiger partial charge in [0.05, 0.1) is 11.6 Å². The second-order valence-electron chi connectivity index (χ2n) is 2.78. The van der Waals surface area contributed by atoms with Gasteiger partial charge in [0.1, 0.15) is 17.6 Å². The topological polar surface area (TPSA) is 50.4 Å². The van der Waals surface area contributed by atoms with E-state index in [2.05, 4.69) is 0 Å². The Morgan fingerprint density at radius 1 is 1.38 bits per heavy atom. The van der Waals surface area contributed by atoms with Crippen LogP contribution >= 0.6 is 0 Å². The summed E-state index contributed by atoms with van der Waals surface area (Å²) in [6.07, 6.45) is 2.50. The Labute approximate surface area is 74.6 Å². The van der Waals surface area contributed by atoms with Gasteiger partial charge in [0, 0.05) is 12.0 Å². The first-order valence-corrected chi connectivity index (χ1v) is 3.94. The van der Waals surface area contributed by atoms with Crippen LogP contribution in [0.4, 0.5) is 0 Å². The summed E-state index contributed by atoms with van der Waals surface area (Å²) in [5, 5.41) is 10.3. The van der Waals surface area contributed by atoms with E-state index >= 15 is 0 Å². The smallest absolute Gasteiger partial charge is 0.137 e. The van der Waals surface area contributed by atoms with Crippen molar-refractivity contribution in [1.82, 2.24) is 0 Å². The summed E-state index contributed by atoms with van der Waals surface area (Å²) in [6.45, 7) is 0. The van der Waals surface area contributed by atoms with Crippen LogP contribution in [0.2, 0.25) is 0 Å². The van der Waals surface area contributed by atoms with Gasteiger partial charge in [-0.3, -0.25) is 0 Å². The predicted molar refractivity (Wildman–Crippen MR) is 47.6 cm³/mol. The summed E-state index contributed by atoms with van der Waals surface area (Å²) in [5.41, 5.74) is 1.26. The monoisotopic (exact) mass is 176 g/mol. The zero-order valence-electron chi connectivity index (χ0n) is 6.86. The van der Waals surface area contributed by atoms with Crippen molar-refractivity contribution in [3.63, 3.8) is 0 Å². The number of carbonyl (C=O) groups is 1. The molecule has 0 bridgehead atoms. The van der Waals surface area contributed by atoms with Crippen LogP contribution in [0, 0.1) is 0 Å². The van der Waals surface area contributed by atoms with Crippen LogP contribution in [0.25, 0.3) is 11.0 Å². The Morgan fingerprint density at radius 3 is 3.00 bits per heavy atom. The van der Waals surface area contributed by atoms with Crippen molar-refractivity contribution < 1.29 is 14.3 Å². The van der Waals surface area contributed by atoms with Crippen molar-refractivity contribution in [3.8, 4) is 5.75 Å². The van der Waals surface area contributed by atoms with Crippen molar-refractivity contribution in [3.05, 3.63) is 30.0 Å². The van der Waals surface area contributed by atoms with E-state index in [1.165, 1.54) is 6.26 Å². The largest absolute Gasteiger partial charge is 0.507 e. The van der Waals surface area contributed by atoms with E-state index in [4.69, 9.17) is 4.42 Å². The third-order valence-corrected chi connectivity index (χ3v) is 1.99. The van der Waals surface area contributed by atoms with Crippen LogP contribution in [0.15, 0.2) is 28.9 Å². The number of aldehydes is 1. The fourth-order valence-corrected chi connectivity index (χ4v) is 1.33. The number of phenols is 1. The molecule has 1 heterocycles. The molecule has 0 amide bonds. The summed E-state index contributed by atoms with van der Waals surface area (Å²) in [4.78, 5) is 10.3. The highest BCUT2D eigenvalue weighted by Gasteiger charge is 2.07. The fraction of sp³-hybridized carbons (Fsp3) is 0.100. The number of fused-ring (bicyclic) bond motifs is 1. The maximum atomic E-state index is 10.3. The SMILES string of the molecule is O=CCc1ccc2occc2c1O. The summed E-state index contributed by atoms with van der Waals surface area (Å²) in [7, 11) is 0. The molecule has 1 aromatic carbocycles. The molecule has 0 aliphatic carbocycles. The molecule has 0 saturated carbocycles. The molecule has 0 atom stereocenters. The van der Waals surface area contributed by atoms with Crippen LogP contribution < -0.4 is 0 Å². The number of furan rings is 1. The number of rotatable bonds is 2. The van der Waals surface area contributed by atoms with E-state index in [1.807, 2.05) is 0 Å². The van der Waals surface area contributed by atoms with Gasteiger partial charge in [-0.05, 0) is 12.1 Å². The normalized spacial score (nSPS) is 10.5. The van der Waals surface area contributed by atoms with Crippen LogP contribution in [-0.4, -0.2) is 11.4 Å². The van der Waals surface area contributed by atoms with Crippen molar-refractivity contribution in [2.75, 3.05) is 0 Å². The van der Waals surface area contributed by atoms with Gasteiger partial charge in [0.15, 0.2) is 0 Å². The van der Waals surface area contributed by atoms with E-state index in [1.54, 1.807) is 18.2 Å². The van der Waals surface area contributed by atoms with Crippen LogP contribution in [-0.2, 0) is 11.2 Å². The maximum Gasteiger partial charge on any atom is 0.137 e. The second-order valence-corrected chi connectivity index (χ2v) is 2.78. The molecule has 0 radical (unpaired) electrons. The molecule has 0 saturated heterocycles. The molecule has 0 unspecified atom stereocenters. The van der Waals surface area contributed by atoms with E-state index in [-0.39, 0.29) is 12.2 Å². The molecule has 0 spiro atoms. The molecular weight excluding hydrogens is 168 g/mol. The highest BCUT2D eigenvalue weighted by molar-refractivity contribution is 5.85. The molecular formula is C10H8O3. The third kappa shape index (κ3) is 1.18. The van der Waals surface area contributed by atoms with Gasteiger partial charge in [-0.1, -0.05) is 6.07 Å². The minimum Gasteiger partial charge on any atom is -0.507 e. The van der Waals surface area contributed by atoms with E-state index in [0.29, 0.717) is 16.5 Å². The molecule has 0 aliphatic heterocycles. The lowest BCUT2D eigenvalue weighted by atomic mass is 10.1. The first-order chi connectivity index (χ1) is 6.33. The molecule has 3 heteroatoms. The molecule has 13 heavy (non-hydrogen) atoms. The van der Waals surface area contributed by atoms with Gasteiger partial charge in [0.25, 0.3) is 0 Å². The van der Waals surface area contributed by atoms with E-state index < -0.39 is 0 Å². The minimum absolute atomic E-state index is 0.137. The lowest BCUT2D eigenvalue weighted by Crippen LogP contribution is -1.86. The van der Waals surface area contributed by atoms with Gasteiger partial charge in [0.2, 0.25) is 0 Å². The predicted octanol–water partition coefficient (Wildman–Crippen LogP) is 1.88. The Morgan fingerprint density at radius 2 is 2.23 bits per heavy atom. The summed E-state index contributed by atoms with van der Waals surface area (Å²) in [5.74, 6) is 0.137. The molecule has 1 N–H and O–H groups in total. The summed E-state index contributed by atoms with van der Waals surface area (Å²) < 4.78 is 5.08. The fourth-order valence-electron chi connectivity index (χ4n) is 1.33. The number of hydrogen-bond acceptors (Lipinski definition) is 3. The average molecular weight is 176 g/mol. The molecule has 2 rings (SSSR count). The molecule has 0 aliphatic rings. The quantitative estimate of drug-likeness (QED) is 0.710. The average Bonchev–Trinajstić information content (AvgIpc) is 2.58. The second kappa shape index (κ2) is 2.94. The number of carbonyl (C=O) groups excluding carboxylic acids is 1. The van der Waals surface area contributed by atoms with Crippen molar-refractivity contribution >= 4 is 17.3 Å². The Bertz CT molecular complexity index is 442. The molecule has 66 valence electrons. The van der Waals surface area contributed by atoms with Crippen LogP contribution in [0.1, 0.15) is 5.56 Å². The molecule has 0 fully saturated rings. The van der Waals surface area contributed by atoms with Gasteiger partial charge in [-0.2, -0.15) is 0 Å². The third-order valence-electron chi connectivity index (χ3n) is 1.99. The summed E-state index contributed by atoms with van der Waals surface area (Å²) >= 11 is 0. The van der Waals surface area contributed by atoms with Gasteiger partial charge in [-0.25, -0.2) is 0 Å². The van der Waals surface area contributed by atoms with Gasteiger partial charge < -0.3 is 14.3 Å². The van der Waals surface area contributed by atoms with Gasteiger partial charge in [-0.15, -0.1) is 0 Å². The minimum atomic E-state index is 0.137. The molecule has 3 nitrogen and oxygen atoms in total. The number of phenolic OH excluding ortho intramolecular Hbond substituents is 1. The maximum absolute atomic E-state index is 10.3. The van der Waals surface area contributed by atoms with Gasteiger partial charge >= 0.3 is 0 Å². The molecule has 1 aromatic heterocycles. The van der Waals surface area contributed by atoms with Crippen LogP contribution in [0.5, 0.6) is 5.75 Å². The number of hydrogen-bond donors (Lipinski definition) is 1. The lowest BCUT2D eigenvalue weighted by Gasteiger charge is -2.00. The summed E-state index contributed by atoms with van der Waals surface area (Å²) in [6, 6.07) is 5.11.